The van der Waals surface area contributed by atoms with Crippen molar-refractivity contribution in [2.45, 2.75) is 51.1 Å². The Bertz CT molecular complexity index is 1410. The molecule has 3 atom stereocenters. The van der Waals surface area contributed by atoms with E-state index in [2.05, 4.69) is 59.7 Å². The van der Waals surface area contributed by atoms with E-state index in [0.29, 0.717) is 35.8 Å². The van der Waals surface area contributed by atoms with E-state index in [4.69, 9.17) is 0 Å². The molecule has 3 aromatic carbocycles. The summed E-state index contributed by atoms with van der Waals surface area (Å²) in [4.78, 5) is 18.1. The molecule has 2 bridgehead atoms. The smallest absolute Gasteiger partial charge is 0.251 e. The average molecular weight is 557 g/mol. The average Bonchev–Trinajstić information content (AvgIpc) is 3.48. The second-order valence-electron chi connectivity index (χ2n) is 12.9. The predicted molar refractivity (Wildman–Crippen MR) is 162 cm³/mol. The summed E-state index contributed by atoms with van der Waals surface area (Å²) in [5.41, 5.74) is 5.33. The molecule has 7 heteroatoms. The van der Waals surface area contributed by atoms with Gasteiger partial charge in [-0.25, -0.2) is 4.39 Å². The zero-order valence-corrected chi connectivity index (χ0v) is 24.6. The molecule has 0 spiro atoms. The van der Waals surface area contributed by atoms with Gasteiger partial charge in [0.1, 0.15) is 11.9 Å². The predicted octanol–water partition coefficient (Wildman–Crippen LogP) is 4.25. The van der Waals surface area contributed by atoms with Crippen LogP contribution in [0.4, 0.5) is 4.39 Å². The number of likely N-dealkylation sites (N-methyl/N-ethyl adjacent to an activating group) is 1. The molecule has 2 unspecified atom stereocenters. The second kappa shape index (κ2) is 11.6. The summed E-state index contributed by atoms with van der Waals surface area (Å²) in [6.45, 7) is 9.62. The van der Waals surface area contributed by atoms with Crippen LogP contribution in [0.15, 0.2) is 66.7 Å². The van der Waals surface area contributed by atoms with Crippen LogP contribution in [0.5, 0.6) is 0 Å². The van der Waals surface area contributed by atoms with Gasteiger partial charge in [0.15, 0.2) is 0 Å². The van der Waals surface area contributed by atoms with Crippen molar-refractivity contribution in [2.75, 3.05) is 46.8 Å². The van der Waals surface area contributed by atoms with Crippen molar-refractivity contribution in [2.24, 2.45) is 0 Å². The summed E-state index contributed by atoms with van der Waals surface area (Å²) in [7, 11) is 4.67. The van der Waals surface area contributed by atoms with E-state index >= 15 is 0 Å². The molecule has 41 heavy (non-hydrogen) atoms. The lowest BCUT2D eigenvalue weighted by molar-refractivity contribution is -0.906. The fraction of sp³-hybridized carbons (Fsp3) is 0.441. The van der Waals surface area contributed by atoms with Crippen molar-refractivity contribution in [3.05, 3.63) is 94.8 Å². The maximum absolute atomic E-state index is 15.0. The van der Waals surface area contributed by atoms with Crippen LogP contribution in [0.3, 0.4) is 0 Å². The minimum atomic E-state index is -0.251. The van der Waals surface area contributed by atoms with E-state index in [1.54, 1.807) is 6.07 Å². The quantitative estimate of drug-likeness (QED) is 0.408. The van der Waals surface area contributed by atoms with Crippen LogP contribution < -0.4 is 10.6 Å². The Kier molecular flexibility index (Phi) is 7.97. The minimum Gasteiger partial charge on any atom is -0.348 e. The summed E-state index contributed by atoms with van der Waals surface area (Å²) in [6.07, 6.45) is 1.27. The van der Waals surface area contributed by atoms with E-state index in [9.17, 15) is 9.18 Å². The number of piperazine rings is 2. The van der Waals surface area contributed by atoms with E-state index in [-0.39, 0.29) is 11.7 Å². The normalized spacial score (nSPS) is 24.0. The molecular weight excluding hydrogens is 513 g/mol. The van der Waals surface area contributed by atoms with Crippen LogP contribution in [-0.2, 0) is 19.6 Å². The topological polar surface area (TPSA) is 47.6 Å². The van der Waals surface area contributed by atoms with Crippen molar-refractivity contribution in [3.63, 3.8) is 0 Å². The zero-order chi connectivity index (χ0) is 28.6. The van der Waals surface area contributed by atoms with Crippen LogP contribution >= 0.6 is 0 Å². The first-order valence-electron chi connectivity index (χ1n) is 15.0. The highest BCUT2D eigenvalue weighted by Gasteiger charge is 2.50. The summed E-state index contributed by atoms with van der Waals surface area (Å²) in [5, 5.41) is 6.53. The summed E-state index contributed by atoms with van der Waals surface area (Å²) >= 11 is 0. The Hall–Kier alpha value is -3.10. The van der Waals surface area contributed by atoms with Gasteiger partial charge in [0.25, 0.3) is 5.91 Å². The first-order valence-corrected chi connectivity index (χ1v) is 15.0. The van der Waals surface area contributed by atoms with E-state index < -0.39 is 0 Å². The number of nitrogens with one attached hydrogen (secondary N) is 2. The third-order valence-corrected chi connectivity index (χ3v) is 9.33. The monoisotopic (exact) mass is 556 g/mol. The van der Waals surface area contributed by atoms with Gasteiger partial charge in [0, 0.05) is 62.9 Å². The second-order valence-corrected chi connectivity index (χ2v) is 12.9. The highest BCUT2D eigenvalue weighted by molar-refractivity contribution is 5.94. The third-order valence-electron chi connectivity index (χ3n) is 9.33. The lowest BCUT2D eigenvalue weighted by Gasteiger charge is -2.38. The van der Waals surface area contributed by atoms with Crippen LogP contribution in [-0.4, -0.2) is 85.1 Å². The highest BCUT2D eigenvalue weighted by atomic mass is 19.1. The maximum atomic E-state index is 15.0. The van der Waals surface area contributed by atoms with Crippen LogP contribution in [0.25, 0.3) is 11.1 Å². The first kappa shape index (κ1) is 28.0. The Labute approximate surface area is 243 Å². The number of benzene rings is 3. The van der Waals surface area contributed by atoms with Gasteiger partial charge in [-0.15, -0.1) is 0 Å². The summed E-state index contributed by atoms with van der Waals surface area (Å²) in [5.74, 6) is -0.357. The molecule has 6 nitrogen and oxygen atoms in total. The number of nitrogens with zero attached hydrogens (tertiary/aromatic N) is 3. The Morgan fingerprint density at radius 3 is 2.56 bits per heavy atom. The molecule has 0 saturated carbocycles. The molecule has 3 fully saturated rings. The van der Waals surface area contributed by atoms with Gasteiger partial charge < -0.3 is 15.1 Å². The highest BCUT2D eigenvalue weighted by Crippen LogP contribution is 2.35. The molecule has 3 aliphatic heterocycles. The SMILES string of the molecule is C[C@H]1CN(Cc2cccc(-c3cc(CNC(=O)c4cccc(CN5CC6CC5C[N+]6(C)C)c4)ccc3F)c2)CCN1. The Morgan fingerprint density at radius 2 is 1.80 bits per heavy atom. The van der Waals surface area contributed by atoms with Gasteiger partial charge >= 0.3 is 0 Å². The number of fused-ring (bicyclic) bond motifs is 2. The third kappa shape index (κ3) is 6.38. The molecule has 0 radical (unpaired) electrons. The van der Waals surface area contributed by atoms with Gasteiger partial charge in [0.2, 0.25) is 0 Å². The van der Waals surface area contributed by atoms with Crippen LogP contribution in [0.2, 0.25) is 0 Å². The molecule has 1 amide bonds. The van der Waals surface area contributed by atoms with Crippen molar-refractivity contribution >= 4 is 5.91 Å². The number of hydrogen-bond acceptors (Lipinski definition) is 4. The van der Waals surface area contributed by atoms with Gasteiger partial charge in [-0.1, -0.05) is 36.4 Å². The Balaban J connectivity index is 1.08. The summed E-state index contributed by atoms with van der Waals surface area (Å²) < 4.78 is 16.1. The number of halogens is 1. The van der Waals surface area contributed by atoms with E-state index in [1.165, 1.54) is 30.2 Å². The van der Waals surface area contributed by atoms with Crippen molar-refractivity contribution in [1.29, 1.82) is 0 Å². The molecule has 3 aliphatic rings. The largest absolute Gasteiger partial charge is 0.348 e. The molecule has 0 aliphatic carbocycles. The van der Waals surface area contributed by atoms with Gasteiger partial charge in [-0.2, -0.15) is 0 Å². The first-order chi connectivity index (χ1) is 19.7. The van der Waals surface area contributed by atoms with Crippen LogP contribution in [0, 0.1) is 5.82 Å². The zero-order valence-electron chi connectivity index (χ0n) is 24.6. The Morgan fingerprint density at radius 1 is 1.00 bits per heavy atom. The molecule has 3 aromatic rings. The lowest BCUT2D eigenvalue weighted by Crippen LogP contribution is -2.54. The van der Waals surface area contributed by atoms with Crippen LogP contribution in [0.1, 0.15) is 40.4 Å². The molecule has 3 saturated heterocycles. The number of amides is 1. The molecule has 6 rings (SSSR count). The lowest BCUT2D eigenvalue weighted by atomic mass is 10.00. The number of likely N-dealkylation sites (tertiary alicyclic amines) is 2. The number of carbonyl (C=O) groups excluding carboxylic acids is 1. The number of quaternary nitrogens is 1. The van der Waals surface area contributed by atoms with Gasteiger partial charge in [-0.3, -0.25) is 14.6 Å². The molecule has 216 valence electrons. The maximum Gasteiger partial charge on any atom is 0.251 e. The van der Waals surface area contributed by atoms with Crippen molar-refractivity contribution in [1.82, 2.24) is 20.4 Å². The number of hydrogen-bond donors (Lipinski definition) is 2. The van der Waals surface area contributed by atoms with E-state index in [1.807, 2.05) is 36.4 Å². The standard InChI is InChI=1S/C34H42FN5O/c1-24-19-38(13-12-36-24)20-26-6-4-8-28(14-26)32-16-25(10-11-33(32)35)18-37-34(41)29-9-5-7-27(15-29)21-39-22-31-17-30(39)23-40(31,2)3/h4-11,14-16,24,30-31,36H,12-13,17-23H2,1-3H3/p+1/t24-,30?,31?/m0/s1. The molecular formula is C34H43FN5O+. The fourth-order valence-corrected chi connectivity index (χ4v) is 7.02. The van der Waals surface area contributed by atoms with Crippen molar-refractivity contribution < 1.29 is 13.7 Å². The van der Waals surface area contributed by atoms with Gasteiger partial charge in [-0.05, 0) is 59.5 Å². The van der Waals surface area contributed by atoms with Crippen molar-refractivity contribution in [3.8, 4) is 11.1 Å². The summed E-state index contributed by atoms with van der Waals surface area (Å²) in [6, 6.07) is 23.1. The molecule has 0 aromatic heterocycles. The number of carbonyl (C=O) groups is 1. The minimum absolute atomic E-state index is 0.106. The van der Waals surface area contributed by atoms with E-state index in [0.717, 1.165) is 54.9 Å². The number of rotatable bonds is 8. The molecule has 3 heterocycles. The fourth-order valence-electron chi connectivity index (χ4n) is 7.02. The molecule has 2 N–H and O–H groups in total. The van der Waals surface area contributed by atoms with Gasteiger partial charge in [0.05, 0.1) is 33.2 Å².